The van der Waals surface area contributed by atoms with Gasteiger partial charge in [0.1, 0.15) is 0 Å². The molecule has 1 N–H and O–H groups in total. The Morgan fingerprint density at radius 2 is 2.03 bits per heavy atom. The number of aromatic nitrogens is 2. The summed E-state index contributed by atoms with van der Waals surface area (Å²) < 4.78 is 5.44. The van der Waals surface area contributed by atoms with E-state index in [4.69, 9.17) is 16.1 Å². The molecule has 1 amide bonds. The zero-order chi connectivity index (χ0) is 21.8. The molecule has 2 heterocycles. The highest BCUT2D eigenvalue weighted by atomic mass is 35.5. The molecule has 0 bridgehead atoms. The van der Waals surface area contributed by atoms with Gasteiger partial charge in [0.05, 0.1) is 23.5 Å². The predicted octanol–water partition coefficient (Wildman–Crippen LogP) is 4.79. The summed E-state index contributed by atoms with van der Waals surface area (Å²) in [6.45, 7) is 6.19. The summed E-state index contributed by atoms with van der Waals surface area (Å²) in [7, 11) is 0. The van der Waals surface area contributed by atoms with Gasteiger partial charge in [-0.15, -0.1) is 0 Å². The topological polar surface area (TPSA) is 71.3 Å². The molecule has 2 aromatic carbocycles. The molecule has 1 aromatic heterocycles. The van der Waals surface area contributed by atoms with Crippen LogP contribution in [0.15, 0.2) is 53.1 Å². The standard InChI is InChI=1S/C24H27ClN4O2/c1-16-9-11-18(12-10-16)17(2)26-24(30)19-6-5-13-29(14-19)15-22-27-23(28-31-22)20-7-3-4-8-21(20)25/h3-4,7-12,17,19H,5-6,13-15H2,1-2H3,(H,26,30). The number of aryl methyl sites for hydroxylation is 1. The molecular formula is C24H27ClN4O2. The minimum atomic E-state index is -0.0485. The largest absolute Gasteiger partial charge is 0.349 e. The van der Waals surface area contributed by atoms with Crippen molar-refractivity contribution in [1.82, 2.24) is 20.4 Å². The van der Waals surface area contributed by atoms with Crippen LogP contribution in [0.1, 0.15) is 42.8 Å². The van der Waals surface area contributed by atoms with Crippen LogP contribution >= 0.6 is 11.6 Å². The smallest absolute Gasteiger partial charge is 0.241 e. The number of amides is 1. The number of rotatable bonds is 6. The van der Waals surface area contributed by atoms with Crippen molar-refractivity contribution in [3.63, 3.8) is 0 Å². The number of carbonyl (C=O) groups is 1. The molecule has 162 valence electrons. The second-order valence-electron chi connectivity index (χ2n) is 8.21. The third-order valence-corrected chi connectivity index (χ3v) is 6.08. The van der Waals surface area contributed by atoms with Gasteiger partial charge in [0.15, 0.2) is 0 Å². The van der Waals surface area contributed by atoms with Crippen LogP contribution in [0.2, 0.25) is 5.02 Å². The van der Waals surface area contributed by atoms with Gasteiger partial charge in [0.25, 0.3) is 0 Å². The zero-order valence-electron chi connectivity index (χ0n) is 17.8. The molecule has 0 saturated carbocycles. The van der Waals surface area contributed by atoms with E-state index in [-0.39, 0.29) is 17.9 Å². The van der Waals surface area contributed by atoms with E-state index in [0.29, 0.717) is 29.8 Å². The van der Waals surface area contributed by atoms with Crippen LogP contribution in [0.4, 0.5) is 0 Å². The quantitative estimate of drug-likeness (QED) is 0.599. The van der Waals surface area contributed by atoms with Gasteiger partial charge in [-0.05, 0) is 50.9 Å². The fraction of sp³-hybridized carbons (Fsp3) is 0.375. The number of hydrogen-bond acceptors (Lipinski definition) is 5. The fourth-order valence-electron chi connectivity index (χ4n) is 3.95. The normalized spacial score (nSPS) is 18.0. The summed E-state index contributed by atoms with van der Waals surface area (Å²) in [5.74, 6) is 1.07. The number of nitrogens with one attached hydrogen (secondary N) is 1. The molecule has 1 aliphatic heterocycles. The van der Waals surface area contributed by atoms with Crippen molar-refractivity contribution in [2.45, 2.75) is 39.3 Å². The van der Waals surface area contributed by atoms with Crippen LogP contribution in [-0.2, 0) is 11.3 Å². The molecule has 0 spiro atoms. The van der Waals surface area contributed by atoms with E-state index in [0.717, 1.165) is 30.5 Å². The van der Waals surface area contributed by atoms with Crippen LogP contribution in [-0.4, -0.2) is 34.0 Å². The van der Waals surface area contributed by atoms with Gasteiger partial charge in [0, 0.05) is 12.1 Å². The Hall–Kier alpha value is -2.70. The molecule has 0 radical (unpaired) electrons. The highest BCUT2D eigenvalue weighted by Gasteiger charge is 2.28. The molecular weight excluding hydrogens is 412 g/mol. The molecule has 4 rings (SSSR count). The monoisotopic (exact) mass is 438 g/mol. The third kappa shape index (κ3) is 5.32. The number of benzene rings is 2. The van der Waals surface area contributed by atoms with Crippen LogP contribution in [0.3, 0.4) is 0 Å². The maximum absolute atomic E-state index is 12.9. The molecule has 3 aromatic rings. The van der Waals surface area contributed by atoms with Crippen molar-refractivity contribution in [2.24, 2.45) is 5.92 Å². The number of hydrogen-bond donors (Lipinski definition) is 1. The molecule has 1 saturated heterocycles. The summed E-state index contributed by atoms with van der Waals surface area (Å²) in [6, 6.07) is 15.7. The lowest BCUT2D eigenvalue weighted by molar-refractivity contribution is -0.127. The molecule has 1 fully saturated rings. The van der Waals surface area contributed by atoms with E-state index < -0.39 is 0 Å². The summed E-state index contributed by atoms with van der Waals surface area (Å²) in [5.41, 5.74) is 3.08. The summed E-state index contributed by atoms with van der Waals surface area (Å²) in [4.78, 5) is 19.6. The number of carbonyl (C=O) groups excluding carboxylic acids is 1. The average Bonchev–Trinajstić information content (AvgIpc) is 3.22. The van der Waals surface area contributed by atoms with Gasteiger partial charge < -0.3 is 9.84 Å². The summed E-state index contributed by atoms with van der Waals surface area (Å²) in [5, 5.41) is 7.83. The summed E-state index contributed by atoms with van der Waals surface area (Å²) in [6.07, 6.45) is 1.85. The Labute approximate surface area is 187 Å². The molecule has 7 heteroatoms. The van der Waals surface area contributed by atoms with Crippen molar-refractivity contribution in [2.75, 3.05) is 13.1 Å². The first-order chi connectivity index (χ1) is 15.0. The Kier molecular flexibility index (Phi) is 6.68. The van der Waals surface area contributed by atoms with E-state index in [9.17, 15) is 4.79 Å². The number of piperidine rings is 1. The minimum absolute atomic E-state index is 0.0161. The number of likely N-dealkylation sites (tertiary alicyclic amines) is 1. The Balaban J connectivity index is 1.35. The van der Waals surface area contributed by atoms with Gasteiger partial charge in [-0.25, -0.2) is 0 Å². The second kappa shape index (κ2) is 9.62. The van der Waals surface area contributed by atoms with Gasteiger partial charge >= 0.3 is 0 Å². The molecule has 0 aliphatic carbocycles. The lowest BCUT2D eigenvalue weighted by Gasteiger charge is -2.31. The Bertz CT molecular complexity index is 1030. The molecule has 2 unspecified atom stereocenters. The molecule has 1 aliphatic rings. The first kappa shape index (κ1) is 21.5. The maximum atomic E-state index is 12.9. The molecule has 6 nitrogen and oxygen atoms in total. The van der Waals surface area contributed by atoms with Crippen LogP contribution in [0.5, 0.6) is 0 Å². The molecule has 2 atom stereocenters. The minimum Gasteiger partial charge on any atom is -0.349 e. The Morgan fingerprint density at radius 1 is 1.26 bits per heavy atom. The van der Waals surface area contributed by atoms with Crippen molar-refractivity contribution in [3.05, 3.63) is 70.6 Å². The highest BCUT2D eigenvalue weighted by Crippen LogP contribution is 2.26. The predicted molar refractivity (Wildman–Crippen MR) is 120 cm³/mol. The first-order valence-electron chi connectivity index (χ1n) is 10.7. The third-order valence-electron chi connectivity index (χ3n) is 5.75. The highest BCUT2D eigenvalue weighted by molar-refractivity contribution is 6.33. The second-order valence-corrected chi connectivity index (χ2v) is 8.61. The Morgan fingerprint density at radius 3 is 2.81 bits per heavy atom. The van der Waals surface area contributed by atoms with Crippen molar-refractivity contribution < 1.29 is 9.32 Å². The number of halogens is 1. The zero-order valence-corrected chi connectivity index (χ0v) is 18.6. The van der Waals surface area contributed by atoms with Crippen LogP contribution in [0.25, 0.3) is 11.4 Å². The summed E-state index contributed by atoms with van der Waals surface area (Å²) >= 11 is 6.23. The van der Waals surface area contributed by atoms with Gasteiger partial charge in [0.2, 0.25) is 17.6 Å². The van der Waals surface area contributed by atoms with E-state index in [1.54, 1.807) is 6.07 Å². The van der Waals surface area contributed by atoms with Gasteiger partial charge in [-0.3, -0.25) is 9.69 Å². The van der Waals surface area contributed by atoms with E-state index >= 15 is 0 Å². The van der Waals surface area contributed by atoms with E-state index in [1.165, 1.54) is 5.56 Å². The van der Waals surface area contributed by atoms with Crippen molar-refractivity contribution in [1.29, 1.82) is 0 Å². The van der Waals surface area contributed by atoms with Gasteiger partial charge in [-0.1, -0.05) is 58.7 Å². The van der Waals surface area contributed by atoms with Crippen molar-refractivity contribution in [3.8, 4) is 11.4 Å². The average molecular weight is 439 g/mol. The van der Waals surface area contributed by atoms with E-state index in [1.807, 2.05) is 25.1 Å². The maximum Gasteiger partial charge on any atom is 0.241 e. The van der Waals surface area contributed by atoms with Crippen LogP contribution in [0, 0.1) is 12.8 Å². The van der Waals surface area contributed by atoms with Gasteiger partial charge in [-0.2, -0.15) is 4.98 Å². The lowest BCUT2D eigenvalue weighted by Crippen LogP contribution is -2.43. The number of nitrogens with zero attached hydrogens (tertiary/aromatic N) is 3. The van der Waals surface area contributed by atoms with E-state index in [2.05, 4.69) is 51.5 Å². The fourth-order valence-corrected chi connectivity index (χ4v) is 4.17. The van der Waals surface area contributed by atoms with Crippen LogP contribution < -0.4 is 5.32 Å². The first-order valence-corrected chi connectivity index (χ1v) is 11.0. The SMILES string of the molecule is Cc1ccc(C(C)NC(=O)C2CCCN(Cc3nc(-c4ccccc4Cl)no3)C2)cc1. The van der Waals surface area contributed by atoms with Crippen molar-refractivity contribution >= 4 is 17.5 Å². The lowest BCUT2D eigenvalue weighted by atomic mass is 9.96. The molecule has 31 heavy (non-hydrogen) atoms.